The SMILES string of the molecule is CCC[NH+](CCC)CCCCO. The number of nitrogens with one attached hydrogen (secondary N) is 1. The monoisotopic (exact) mass is 174 g/mol. The highest BCUT2D eigenvalue weighted by Gasteiger charge is 2.04. The lowest BCUT2D eigenvalue weighted by Crippen LogP contribution is -3.12. The summed E-state index contributed by atoms with van der Waals surface area (Å²) < 4.78 is 0. The molecule has 0 aliphatic rings. The molecule has 0 spiro atoms. The number of hydrogen-bond acceptors (Lipinski definition) is 1. The van der Waals surface area contributed by atoms with Crippen molar-refractivity contribution >= 4 is 0 Å². The molecule has 0 unspecified atom stereocenters. The molecule has 0 fully saturated rings. The molecule has 0 heterocycles. The third-order valence-corrected chi connectivity index (χ3v) is 2.15. The van der Waals surface area contributed by atoms with Gasteiger partial charge in [0.25, 0.3) is 0 Å². The lowest BCUT2D eigenvalue weighted by atomic mass is 10.2. The van der Waals surface area contributed by atoms with Crippen LogP contribution in [0.15, 0.2) is 0 Å². The van der Waals surface area contributed by atoms with Crippen molar-refractivity contribution in [2.24, 2.45) is 0 Å². The number of aliphatic hydroxyl groups is 1. The summed E-state index contributed by atoms with van der Waals surface area (Å²) in [7, 11) is 0. The van der Waals surface area contributed by atoms with Gasteiger partial charge in [0.2, 0.25) is 0 Å². The molecule has 0 saturated heterocycles. The molecule has 0 amide bonds. The van der Waals surface area contributed by atoms with Gasteiger partial charge in [-0.05, 0) is 25.7 Å². The quantitative estimate of drug-likeness (QED) is 0.514. The fourth-order valence-electron chi connectivity index (χ4n) is 1.57. The summed E-state index contributed by atoms with van der Waals surface area (Å²) >= 11 is 0. The van der Waals surface area contributed by atoms with Gasteiger partial charge >= 0.3 is 0 Å². The third kappa shape index (κ3) is 6.62. The van der Waals surface area contributed by atoms with Crippen LogP contribution in [0.25, 0.3) is 0 Å². The van der Waals surface area contributed by atoms with Gasteiger partial charge in [-0.15, -0.1) is 0 Å². The van der Waals surface area contributed by atoms with Gasteiger partial charge in [0.05, 0.1) is 19.6 Å². The number of rotatable bonds is 8. The summed E-state index contributed by atoms with van der Waals surface area (Å²) in [6.07, 6.45) is 4.69. The highest BCUT2D eigenvalue weighted by Crippen LogP contribution is 1.81. The molecule has 74 valence electrons. The molecule has 2 nitrogen and oxygen atoms in total. The Labute approximate surface area is 76.6 Å². The molecular formula is C10H24NO+. The maximum absolute atomic E-state index is 8.63. The summed E-state index contributed by atoms with van der Waals surface area (Å²) in [5.74, 6) is 0. The highest BCUT2D eigenvalue weighted by atomic mass is 16.2. The van der Waals surface area contributed by atoms with Gasteiger partial charge in [-0.3, -0.25) is 0 Å². The first-order valence-electron chi connectivity index (χ1n) is 5.29. The fraction of sp³-hybridized carbons (Fsp3) is 1.00. The zero-order valence-electron chi connectivity index (χ0n) is 8.60. The molecule has 2 heteroatoms. The van der Waals surface area contributed by atoms with Crippen molar-refractivity contribution in [1.29, 1.82) is 0 Å². The molecular weight excluding hydrogens is 150 g/mol. The second kappa shape index (κ2) is 9.01. The van der Waals surface area contributed by atoms with Crippen molar-refractivity contribution in [2.45, 2.75) is 39.5 Å². The van der Waals surface area contributed by atoms with Crippen molar-refractivity contribution < 1.29 is 10.0 Å². The summed E-state index contributed by atoms with van der Waals surface area (Å²) in [6, 6.07) is 0. The van der Waals surface area contributed by atoms with E-state index >= 15 is 0 Å². The second-order valence-corrected chi connectivity index (χ2v) is 3.43. The average molecular weight is 174 g/mol. The predicted molar refractivity (Wildman–Crippen MR) is 52.5 cm³/mol. The molecule has 0 saturated carbocycles. The van der Waals surface area contributed by atoms with Gasteiger partial charge in [0, 0.05) is 6.61 Å². The van der Waals surface area contributed by atoms with Crippen LogP contribution in [0.3, 0.4) is 0 Å². The van der Waals surface area contributed by atoms with Crippen molar-refractivity contribution in [2.75, 3.05) is 26.2 Å². The Morgan fingerprint density at radius 1 is 0.917 bits per heavy atom. The van der Waals surface area contributed by atoms with Crippen molar-refractivity contribution in [3.05, 3.63) is 0 Å². The zero-order chi connectivity index (χ0) is 9.23. The maximum atomic E-state index is 8.63. The fourth-order valence-corrected chi connectivity index (χ4v) is 1.57. The van der Waals surface area contributed by atoms with E-state index < -0.39 is 0 Å². The van der Waals surface area contributed by atoms with Gasteiger partial charge in [-0.2, -0.15) is 0 Å². The van der Waals surface area contributed by atoms with Gasteiger partial charge in [-0.25, -0.2) is 0 Å². The zero-order valence-corrected chi connectivity index (χ0v) is 8.60. The predicted octanol–water partition coefficient (Wildman–Crippen LogP) is 0.464. The lowest BCUT2D eigenvalue weighted by molar-refractivity contribution is -0.900. The topological polar surface area (TPSA) is 24.7 Å². The Kier molecular flexibility index (Phi) is 8.95. The molecule has 0 radical (unpaired) electrons. The Balaban J connectivity index is 3.34. The van der Waals surface area contributed by atoms with E-state index in [4.69, 9.17) is 5.11 Å². The van der Waals surface area contributed by atoms with E-state index in [2.05, 4.69) is 13.8 Å². The normalized spacial score (nSPS) is 11.0. The smallest absolute Gasteiger partial charge is 0.0771 e. The molecule has 12 heavy (non-hydrogen) atoms. The van der Waals surface area contributed by atoms with Crippen molar-refractivity contribution in [3.63, 3.8) is 0 Å². The van der Waals surface area contributed by atoms with Crippen LogP contribution in [0, 0.1) is 0 Å². The van der Waals surface area contributed by atoms with E-state index in [0.29, 0.717) is 6.61 Å². The minimum absolute atomic E-state index is 0.353. The standard InChI is InChI=1S/C10H23NO/c1-3-7-11(8-4-2)9-5-6-10-12/h12H,3-10H2,1-2H3/p+1. The molecule has 0 aliphatic heterocycles. The summed E-state index contributed by atoms with van der Waals surface area (Å²) in [5.41, 5.74) is 0. The molecule has 0 aliphatic carbocycles. The minimum atomic E-state index is 0.353. The van der Waals surface area contributed by atoms with E-state index in [1.54, 1.807) is 4.90 Å². The van der Waals surface area contributed by atoms with Gasteiger partial charge in [0.15, 0.2) is 0 Å². The van der Waals surface area contributed by atoms with Crippen LogP contribution in [0.2, 0.25) is 0 Å². The third-order valence-electron chi connectivity index (χ3n) is 2.15. The van der Waals surface area contributed by atoms with Crippen LogP contribution in [-0.2, 0) is 0 Å². The maximum Gasteiger partial charge on any atom is 0.0771 e. The Bertz CT molecular complexity index is 79.9. The van der Waals surface area contributed by atoms with E-state index in [9.17, 15) is 0 Å². The largest absolute Gasteiger partial charge is 0.396 e. The molecule has 0 atom stereocenters. The van der Waals surface area contributed by atoms with Gasteiger partial charge in [0.1, 0.15) is 0 Å². The first-order valence-corrected chi connectivity index (χ1v) is 5.29. The molecule has 2 N–H and O–H groups in total. The average Bonchev–Trinajstić information content (AvgIpc) is 2.06. The van der Waals surface area contributed by atoms with Crippen molar-refractivity contribution in [3.8, 4) is 0 Å². The van der Waals surface area contributed by atoms with Gasteiger partial charge < -0.3 is 10.0 Å². The number of hydrogen-bond donors (Lipinski definition) is 2. The minimum Gasteiger partial charge on any atom is -0.396 e. The molecule has 0 bridgehead atoms. The summed E-state index contributed by atoms with van der Waals surface area (Å²) in [4.78, 5) is 1.70. The van der Waals surface area contributed by atoms with E-state index in [-0.39, 0.29) is 0 Å². The Morgan fingerprint density at radius 2 is 1.50 bits per heavy atom. The number of quaternary nitrogens is 1. The van der Waals surface area contributed by atoms with E-state index in [1.807, 2.05) is 0 Å². The Morgan fingerprint density at radius 3 is 1.92 bits per heavy atom. The first-order chi connectivity index (χ1) is 5.85. The molecule has 0 aromatic carbocycles. The molecule has 0 rings (SSSR count). The van der Waals surface area contributed by atoms with Crippen LogP contribution in [0.4, 0.5) is 0 Å². The summed E-state index contributed by atoms with van der Waals surface area (Å²) in [5, 5.41) is 8.63. The van der Waals surface area contributed by atoms with E-state index in [1.165, 1.54) is 38.9 Å². The lowest BCUT2D eigenvalue weighted by Gasteiger charge is -2.17. The second-order valence-electron chi connectivity index (χ2n) is 3.43. The molecule has 0 aromatic heterocycles. The Hall–Kier alpha value is -0.0800. The molecule has 0 aromatic rings. The number of aliphatic hydroxyl groups excluding tert-OH is 1. The van der Waals surface area contributed by atoms with Crippen LogP contribution in [0.5, 0.6) is 0 Å². The van der Waals surface area contributed by atoms with Crippen LogP contribution < -0.4 is 4.90 Å². The van der Waals surface area contributed by atoms with Gasteiger partial charge in [-0.1, -0.05) is 13.8 Å². The number of unbranched alkanes of at least 4 members (excludes halogenated alkanes) is 1. The highest BCUT2D eigenvalue weighted by molar-refractivity contribution is 4.36. The van der Waals surface area contributed by atoms with E-state index in [0.717, 1.165) is 6.42 Å². The first kappa shape index (κ1) is 11.9. The van der Waals surface area contributed by atoms with Crippen LogP contribution in [0.1, 0.15) is 39.5 Å². The summed E-state index contributed by atoms with van der Waals surface area (Å²) in [6.45, 7) is 8.65. The van der Waals surface area contributed by atoms with Crippen LogP contribution >= 0.6 is 0 Å². The van der Waals surface area contributed by atoms with Crippen molar-refractivity contribution in [1.82, 2.24) is 0 Å². The van der Waals surface area contributed by atoms with Crippen LogP contribution in [-0.4, -0.2) is 31.3 Å².